The van der Waals surface area contributed by atoms with E-state index in [0.29, 0.717) is 17.4 Å². The third kappa shape index (κ3) is 1.63. The maximum absolute atomic E-state index is 11.5. The molecular formula is C10H9BrN2O2. The number of hydrogen-bond acceptors (Lipinski definition) is 2. The summed E-state index contributed by atoms with van der Waals surface area (Å²) in [5.74, 6) is 0. The molecule has 0 atom stereocenters. The summed E-state index contributed by atoms with van der Waals surface area (Å²) in [6.07, 6.45) is 0. The second-order valence-corrected chi connectivity index (χ2v) is 4.08. The van der Waals surface area contributed by atoms with Crippen molar-refractivity contribution in [1.82, 2.24) is 9.55 Å². The molecule has 1 aromatic carbocycles. The van der Waals surface area contributed by atoms with E-state index in [0.717, 1.165) is 4.47 Å². The Balaban J connectivity index is 3.03. The van der Waals surface area contributed by atoms with Gasteiger partial charge in [-0.25, -0.2) is 4.79 Å². The third-order valence-corrected chi connectivity index (χ3v) is 2.77. The Morgan fingerprint density at radius 1 is 1.40 bits per heavy atom. The molecule has 0 saturated carbocycles. The number of benzene rings is 1. The Hall–Kier alpha value is -1.36. The molecule has 1 heterocycles. The topological polar surface area (TPSA) is 54.9 Å². The van der Waals surface area contributed by atoms with Gasteiger partial charge in [-0.15, -0.1) is 0 Å². The zero-order valence-electron chi connectivity index (χ0n) is 8.08. The van der Waals surface area contributed by atoms with Crippen LogP contribution in [0, 0.1) is 0 Å². The van der Waals surface area contributed by atoms with Crippen molar-refractivity contribution in [3.63, 3.8) is 0 Å². The number of H-pyrrole nitrogens is 1. The molecule has 5 heteroatoms. The summed E-state index contributed by atoms with van der Waals surface area (Å²) >= 11 is 3.29. The first kappa shape index (κ1) is 10.2. The Bertz CT molecular complexity index is 627. The number of nitrogens with one attached hydrogen (secondary N) is 1. The van der Waals surface area contributed by atoms with Crippen LogP contribution in [0.1, 0.15) is 6.92 Å². The van der Waals surface area contributed by atoms with Gasteiger partial charge in [0.15, 0.2) is 0 Å². The number of aromatic amines is 1. The van der Waals surface area contributed by atoms with E-state index >= 15 is 0 Å². The number of aryl methyl sites for hydroxylation is 1. The fourth-order valence-corrected chi connectivity index (χ4v) is 1.94. The third-order valence-electron chi connectivity index (χ3n) is 2.28. The molecule has 0 saturated heterocycles. The molecule has 2 rings (SSSR count). The average molecular weight is 269 g/mol. The van der Waals surface area contributed by atoms with E-state index < -0.39 is 0 Å². The Morgan fingerprint density at radius 3 is 2.80 bits per heavy atom. The SMILES string of the molecule is CCn1c(=O)[nH]c(=O)c2cc(Br)ccc21. The molecule has 0 bridgehead atoms. The van der Waals surface area contributed by atoms with Crippen molar-refractivity contribution in [3.8, 4) is 0 Å². The molecule has 0 unspecified atom stereocenters. The summed E-state index contributed by atoms with van der Waals surface area (Å²) < 4.78 is 2.35. The first-order valence-electron chi connectivity index (χ1n) is 4.56. The van der Waals surface area contributed by atoms with Crippen LogP contribution >= 0.6 is 15.9 Å². The average Bonchev–Trinajstić information content (AvgIpc) is 2.19. The molecule has 2 aromatic rings. The Kier molecular flexibility index (Phi) is 2.48. The van der Waals surface area contributed by atoms with Crippen molar-refractivity contribution >= 4 is 26.8 Å². The first-order chi connectivity index (χ1) is 7.13. The molecule has 0 amide bonds. The van der Waals surface area contributed by atoms with E-state index in [1.807, 2.05) is 13.0 Å². The van der Waals surface area contributed by atoms with Gasteiger partial charge < -0.3 is 0 Å². The summed E-state index contributed by atoms with van der Waals surface area (Å²) in [5, 5.41) is 0.519. The molecule has 1 aromatic heterocycles. The predicted octanol–water partition coefficient (Wildman–Crippen LogP) is 1.47. The summed E-state index contributed by atoms with van der Waals surface area (Å²) in [6.45, 7) is 2.40. The van der Waals surface area contributed by atoms with Gasteiger partial charge in [0.25, 0.3) is 5.56 Å². The monoisotopic (exact) mass is 268 g/mol. The summed E-state index contributed by atoms with van der Waals surface area (Å²) in [6, 6.07) is 5.28. The van der Waals surface area contributed by atoms with Crippen molar-refractivity contribution in [2.75, 3.05) is 0 Å². The molecule has 0 fully saturated rings. The number of halogens is 1. The molecule has 0 spiro atoms. The second kappa shape index (κ2) is 3.66. The van der Waals surface area contributed by atoms with Gasteiger partial charge in [0.1, 0.15) is 0 Å². The van der Waals surface area contributed by atoms with E-state index in [2.05, 4.69) is 20.9 Å². The highest BCUT2D eigenvalue weighted by molar-refractivity contribution is 9.10. The van der Waals surface area contributed by atoms with Gasteiger partial charge in [0, 0.05) is 11.0 Å². The van der Waals surface area contributed by atoms with E-state index in [9.17, 15) is 9.59 Å². The number of fused-ring (bicyclic) bond motifs is 1. The van der Waals surface area contributed by atoms with Crippen LogP contribution < -0.4 is 11.2 Å². The lowest BCUT2D eigenvalue weighted by Gasteiger charge is -2.06. The molecular weight excluding hydrogens is 260 g/mol. The van der Waals surface area contributed by atoms with E-state index in [-0.39, 0.29) is 11.2 Å². The fraction of sp³-hybridized carbons (Fsp3) is 0.200. The van der Waals surface area contributed by atoms with Crippen LogP contribution in [0.5, 0.6) is 0 Å². The van der Waals surface area contributed by atoms with Crippen molar-refractivity contribution < 1.29 is 0 Å². The van der Waals surface area contributed by atoms with Crippen LogP contribution in [0.3, 0.4) is 0 Å². The van der Waals surface area contributed by atoms with Crippen LogP contribution in [0.4, 0.5) is 0 Å². The van der Waals surface area contributed by atoms with Crippen LogP contribution in [0.25, 0.3) is 10.9 Å². The van der Waals surface area contributed by atoms with Crippen molar-refractivity contribution in [3.05, 3.63) is 43.5 Å². The van der Waals surface area contributed by atoms with Gasteiger partial charge in [-0.05, 0) is 25.1 Å². The van der Waals surface area contributed by atoms with Gasteiger partial charge in [-0.2, -0.15) is 0 Å². The maximum atomic E-state index is 11.5. The molecule has 0 aliphatic heterocycles. The lowest BCUT2D eigenvalue weighted by molar-refractivity contribution is 0.727. The van der Waals surface area contributed by atoms with Crippen LogP contribution in [0.15, 0.2) is 32.3 Å². The first-order valence-corrected chi connectivity index (χ1v) is 5.35. The van der Waals surface area contributed by atoms with Crippen molar-refractivity contribution in [2.24, 2.45) is 0 Å². The Morgan fingerprint density at radius 2 is 2.13 bits per heavy atom. The smallest absolute Gasteiger partial charge is 0.294 e. The minimum atomic E-state index is -0.364. The molecule has 0 aliphatic carbocycles. The van der Waals surface area contributed by atoms with E-state index in [1.54, 1.807) is 12.1 Å². The predicted molar refractivity (Wildman–Crippen MR) is 62.2 cm³/mol. The highest BCUT2D eigenvalue weighted by Crippen LogP contribution is 2.15. The lowest BCUT2D eigenvalue weighted by Crippen LogP contribution is -2.29. The molecule has 1 N–H and O–H groups in total. The number of rotatable bonds is 1. The summed E-state index contributed by atoms with van der Waals surface area (Å²) in [5.41, 5.74) is -0.0484. The number of nitrogens with zero attached hydrogens (tertiary/aromatic N) is 1. The highest BCUT2D eigenvalue weighted by atomic mass is 79.9. The zero-order chi connectivity index (χ0) is 11.0. The lowest BCUT2D eigenvalue weighted by atomic mass is 10.2. The standard InChI is InChI=1S/C10H9BrN2O2/c1-2-13-8-4-3-6(11)5-7(8)9(14)12-10(13)15/h3-5H,2H2,1H3,(H,12,14,15). The van der Waals surface area contributed by atoms with Gasteiger partial charge in [-0.3, -0.25) is 14.3 Å². The van der Waals surface area contributed by atoms with Crippen LogP contribution in [-0.4, -0.2) is 9.55 Å². The maximum Gasteiger partial charge on any atom is 0.328 e. The van der Waals surface area contributed by atoms with Gasteiger partial charge >= 0.3 is 5.69 Å². The summed E-state index contributed by atoms with van der Waals surface area (Å²) in [7, 11) is 0. The molecule has 15 heavy (non-hydrogen) atoms. The highest BCUT2D eigenvalue weighted by Gasteiger charge is 2.05. The van der Waals surface area contributed by atoms with Crippen LogP contribution in [-0.2, 0) is 6.54 Å². The van der Waals surface area contributed by atoms with Gasteiger partial charge in [0.05, 0.1) is 10.9 Å². The van der Waals surface area contributed by atoms with E-state index in [4.69, 9.17) is 0 Å². The molecule has 0 radical (unpaired) electrons. The number of aromatic nitrogens is 2. The molecule has 0 aliphatic rings. The zero-order valence-corrected chi connectivity index (χ0v) is 9.67. The largest absolute Gasteiger partial charge is 0.328 e. The number of hydrogen-bond donors (Lipinski definition) is 1. The van der Waals surface area contributed by atoms with Crippen molar-refractivity contribution in [1.29, 1.82) is 0 Å². The van der Waals surface area contributed by atoms with Gasteiger partial charge in [0.2, 0.25) is 0 Å². The van der Waals surface area contributed by atoms with Crippen LogP contribution in [0.2, 0.25) is 0 Å². The minimum absolute atomic E-state index is 0.346. The summed E-state index contributed by atoms with van der Waals surface area (Å²) in [4.78, 5) is 25.3. The second-order valence-electron chi connectivity index (χ2n) is 3.17. The van der Waals surface area contributed by atoms with Crippen molar-refractivity contribution in [2.45, 2.75) is 13.5 Å². The fourth-order valence-electron chi connectivity index (χ4n) is 1.58. The normalized spacial score (nSPS) is 10.8. The van der Waals surface area contributed by atoms with Gasteiger partial charge in [-0.1, -0.05) is 15.9 Å². The minimum Gasteiger partial charge on any atom is -0.294 e. The molecule has 78 valence electrons. The van der Waals surface area contributed by atoms with E-state index in [1.165, 1.54) is 4.57 Å². The molecule has 4 nitrogen and oxygen atoms in total. The quantitative estimate of drug-likeness (QED) is 0.852. The Labute approximate surface area is 93.7 Å².